The molecule has 1 amide bonds. The van der Waals surface area contributed by atoms with E-state index in [1.807, 2.05) is 42.5 Å². The molecule has 0 fully saturated rings. The Bertz CT molecular complexity index is 1040. The molecule has 0 unspecified atom stereocenters. The number of benzene rings is 2. The van der Waals surface area contributed by atoms with Crippen LogP contribution in [0, 0.1) is 11.8 Å². The van der Waals surface area contributed by atoms with Crippen LogP contribution in [0.25, 0.3) is 0 Å². The quantitative estimate of drug-likeness (QED) is 0.417. The van der Waals surface area contributed by atoms with Crippen LogP contribution in [0.15, 0.2) is 72.0 Å². The lowest BCUT2D eigenvalue weighted by molar-refractivity contribution is 0.0955. The lowest BCUT2D eigenvalue weighted by Crippen LogP contribution is -2.17. The molecule has 1 heterocycles. The van der Waals surface area contributed by atoms with E-state index in [1.165, 1.54) is 24.4 Å². The Balaban J connectivity index is 1.60. The third kappa shape index (κ3) is 5.18. The lowest BCUT2D eigenvalue weighted by atomic mass is 10.1. The number of halogens is 1. The molecule has 132 valence electrons. The van der Waals surface area contributed by atoms with Gasteiger partial charge in [-0.3, -0.25) is 4.79 Å². The van der Waals surface area contributed by atoms with Crippen LogP contribution in [0.2, 0.25) is 5.02 Å². The molecule has 0 saturated carbocycles. The molecule has 3 rings (SSSR count). The summed E-state index contributed by atoms with van der Waals surface area (Å²) in [5.41, 5.74) is 5.07. The molecule has 0 saturated heterocycles. The number of amides is 1. The highest BCUT2D eigenvalue weighted by molar-refractivity contribution is 6.32. The van der Waals surface area contributed by atoms with Crippen LogP contribution in [0.1, 0.15) is 27.2 Å². The van der Waals surface area contributed by atoms with Gasteiger partial charge in [0.1, 0.15) is 11.4 Å². The molecule has 0 aliphatic heterocycles. The maximum absolute atomic E-state index is 12.0. The van der Waals surface area contributed by atoms with Gasteiger partial charge >= 0.3 is 0 Å². The molecule has 27 heavy (non-hydrogen) atoms. The van der Waals surface area contributed by atoms with Crippen molar-refractivity contribution >= 4 is 23.7 Å². The third-order valence-corrected chi connectivity index (χ3v) is 3.80. The third-order valence-electron chi connectivity index (χ3n) is 3.50. The van der Waals surface area contributed by atoms with Gasteiger partial charge in [0.2, 0.25) is 0 Å². The Kier molecular flexibility index (Phi) is 5.83. The van der Waals surface area contributed by atoms with E-state index in [1.54, 1.807) is 6.20 Å². The molecular weight excluding hydrogens is 362 g/mol. The van der Waals surface area contributed by atoms with Crippen LogP contribution in [-0.2, 0) is 0 Å². The summed E-state index contributed by atoms with van der Waals surface area (Å²) in [6, 6.07) is 17.2. The number of nitrogens with one attached hydrogen (secondary N) is 1. The van der Waals surface area contributed by atoms with E-state index in [0.29, 0.717) is 11.3 Å². The fraction of sp³-hybridized carbons (Fsp3) is 0. The Hall–Kier alpha value is -3.62. The number of hydrogen-bond acceptors (Lipinski definition) is 4. The van der Waals surface area contributed by atoms with Crippen LogP contribution < -0.4 is 5.43 Å². The van der Waals surface area contributed by atoms with Crippen molar-refractivity contribution in [2.24, 2.45) is 5.10 Å². The first-order valence-electron chi connectivity index (χ1n) is 7.97. The highest BCUT2D eigenvalue weighted by atomic mass is 35.5. The Morgan fingerprint density at radius 3 is 2.63 bits per heavy atom. The van der Waals surface area contributed by atoms with Gasteiger partial charge in [0, 0.05) is 17.3 Å². The first-order valence-corrected chi connectivity index (χ1v) is 8.35. The van der Waals surface area contributed by atoms with Crippen molar-refractivity contribution in [3.8, 4) is 17.6 Å². The van der Waals surface area contributed by atoms with Gasteiger partial charge < -0.3 is 5.11 Å². The summed E-state index contributed by atoms with van der Waals surface area (Å²) in [5, 5.41) is 13.4. The van der Waals surface area contributed by atoms with Crippen molar-refractivity contribution in [1.82, 2.24) is 10.4 Å². The fourth-order valence-corrected chi connectivity index (χ4v) is 2.28. The Morgan fingerprint density at radius 2 is 1.93 bits per heavy atom. The second-order valence-electron chi connectivity index (χ2n) is 5.45. The molecule has 0 aliphatic carbocycles. The van der Waals surface area contributed by atoms with Gasteiger partial charge in [-0.15, -0.1) is 0 Å². The van der Waals surface area contributed by atoms with Gasteiger partial charge in [-0.25, -0.2) is 10.4 Å². The molecular formula is C21H14ClN3O2. The molecule has 5 nitrogen and oxygen atoms in total. The molecule has 3 aromatic rings. The van der Waals surface area contributed by atoms with E-state index < -0.39 is 5.91 Å². The summed E-state index contributed by atoms with van der Waals surface area (Å²) in [7, 11) is 0. The van der Waals surface area contributed by atoms with Gasteiger partial charge in [0.15, 0.2) is 0 Å². The van der Waals surface area contributed by atoms with Crippen LogP contribution >= 0.6 is 11.6 Å². The largest absolute Gasteiger partial charge is 0.506 e. The second-order valence-corrected chi connectivity index (χ2v) is 5.86. The van der Waals surface area contributed by atoms with Crippen molar-refractivity contribution in [3.63, 3.8) is 0 Å². The second kappa shape index (κ2) is 8.65. The number of phenols is 1. The summed E-state index contributed by atoms with van der Waals surface area (Å²) in [6.45, 7) is 0. The molecule has 2 aromatic carbocycles. The molecule has 0 spiro atoms. The minimum Gasteiger partial charge on any atom is -0.506 e. The number of pyridine rings is 1. The molecule has 0 bridgehead atoms. The first kappa shape index (κ1) is 18.2. The van der Waals surface area contributed by atoms with Crippen molar-refractivity contribution in [3.05, 3.63) is 94.3 Å². The van der Waals surface area contributed by atoms with E-state index in [4.69, 9.17) is 11.6 Å². The van der Waals surface area contributed by atoms with Crippen molar-refractivity contribution in [2.45, 2.75) is 0 Å². The number of carbonyl (C=O) groups excluding carboxylic acids is 1. The standard InChI is InChI=1S/C21H14ClN3O2/c22-19-13-17(9-11-20(19)26)21(27)25-24-14-16-6-4-15(5-7-16)8-10-18-3-1-2-12-23-18/h1-7,9,11-14,26H,(H,25,27)/b24-14+. The van der Waals surface area contributed by atoms with Gasteiger partial charge in [-0.1, -0.05) is 35.7 Å². The SMILES string of the molecule is O=C(N/N=C/c1ccc(C#Cc2ccccn2)cc1)c1ccc(O)c(Cl)c1. The summed E-state index contributed by atoms with van der Waals surface area (Å²) in [6.07, 6.45) is 3.22. The molecule has 0 aliphatic rings. The van der Waals surface area contributed by atoms with E-state index in [9.17, 15) is 9.90 Å². The number of hydrogen-bond donors (Lipinski definition) is 2. The molecule has 0 atom stereocenters. The number of rotatable bonds is 3. The summed E-state index contributed by atoms with van der Waals surface area (Å²) < 4.78 is 0. The maximum Gasteiger partial charge on any atom is 0.271 e. The highest BCUT2D eigenvalue weighted by Gasteiger charge is 2.07. The Morgan fingerprint density at radius 1 is 1.11 bits per heavy atom. The zero-order chi connectivity index (χ0) is 19.1. The van der Waals surface area contributed by atoms with E-state index >= 15 is 0 Å². The van der Waals surface area contributed by atoms with Crippen molar-refractivity contribution in [1.29, 1.82) is 0 Å². The fourth-order valence-electron chi connectivity index (χ4n) is 2.10. The molecule has 2 N–H and O–H groups in total. The first-order chi connectivity index (χ1) is 13.1. The number of aromatic nitrogens is 1. The van der Waals surface area contributed by atoms with Crippen LogP contribution in [0.3, 0.4) is 0 Å². The monoisotopic (exact) mass is 375 g/mol. The average molecular weight is 376 g/mol. The van der Waals surface area contributed by atoms with Crippen LogP contribution in [0.4, 0.5) is 0 Å². The lowest BCUT2D eigenvalue weighted by Gasteiger charge is -2.02. The minimum absolute atomic E-state index is 0.0806. The normalized spacial score (nSPS) is 10.3. The number of carbonyl (C=O) groups is 1. The number of phenolic OH excluding ortho intramolecular Hbond substituents is 1. The average Bonchev–Trinajstić information content (AvgIpc) is 2.70. The smallest absolute Gasteiger partial charge is 0.271 e. The maximum atomic E-state index is 12.0. The van der Waals surface area contributed by atoms with Gasteiger partial charge in [0.05, 0.1) is 11.2 Å². The summed E-state index contributed by atoms with van der Waals surface area (Å²) >= 11 is 5.78. The van der Waals surface area contributed by atoms with Crippen molar-refractivity contribution < 1.29 is 9.90 Å². The molecule has 1 aromatic heterocycles. The topological polar surface area (TPSA) is 74.6 Å². The highest BCUT2D eigenvalue weighted by Crippen LogP contribution is 2.23. The predicted molar refractivity (Wildman–Crippen MR) is 105 cm³/mol. The van der Waals surface area contributed by atoms with E-state index in [2.05, 4.69) is 27.4 Å². The van der Waals surface area contributed by atoms with Crippen molar-refractivity contribution in [2.75, 3.05) is 0 Å². The van der Waals surface area contributed by atoms with Gasteiger partial charge in [0.25, 0.3) is 5.91 Å². The van der Waals surface area contributed by atoms with E-state index in [-0.39, 0.29) is 10.8 Å². The summed E-state index contributed by atoms with van der Waals surface area (Å²) in [4.78, 5) is 16.1. The zero-order valence-corrected chi connectivity index (χ0v) is 14.8. The van der Waals surface area contributed by atoms with Crippen LogP contribution in [-0.4, -0.2) is 22.2 Å². The predicted octanol–water partition coefficient (Wildman–Crippen LogP) is 3.60. The molecule has 6 heteroatoms. The van der Waals surface area contributed by atoms with Gasteiger partial charge in [-0.2, -0.15) is 5.10 Å². The number of nitrogens with zero attached hydrogens (tertiary/aromatic N) is 2. The minimum atomic E-state index is -0.425. The number of aromatic hydroxyl groups is 1. The zero-order valence-electron chi connectivity index (χ0n) is 14.1. The summed E-state index contributed by atoms with van der Waals surface area (Å²) in [5.74, 6) is 5.51. The van der Waals surface area contributed by atoms with E-state index in [0.717, 1.165) is 11.1 Å². The van der Waals surface area contributed by atoms with Crippen LogP contribution in [0.5, 0.6) is 5.75 Å². The molecule has 0 radical (unpaired) electrons. The number of hydrazone groups is 1. The van der Waals surface area contributed by atoms with Gasteiger partial charge in [-0.05, 0) is 53.9 Å². The Labute approximate surface area is 161 Å².